The zero-order chi connectivity index (χ0) is 26.6. The number of thiocarbonyl (C=S) groups is 1. The molecule has 0 saturated carbocycles. The number of aromatic nitrogens is 2. The summed E-state index contributed by atoms with van der Waals surface area (Å²) < 4.78 is 7.90. The predicted octanol–water partition coefficient (Wildman–Crippen LogP) is 6.63. The molecule has 2 aromatic heterocycles. The van der Waals surface area contributed by atoms with Crippen molar-refractivity contribution in [2.24, 2.45) is 0 Å². The lowest BCUT2D eigenvalue weighted by Crippen LogP contribution is -2.31. The van der Waals surface area contributed by atoms with Crippen LogP contribution in [0.4, 0.5) is 5.69 Å². The molecule has 4 aromatic rings. The van der Waals surface area contributed by atoms with Crippen molar-refractivity contribution in [1.29, 1.82) is 0 Å². The quantitative estimate of drug-likeness (QED) is 0.182. The standard InChI is InChI=1S/C30H32ClN5OS/c1-20-18-24(21(2)36(20)26-19-22(31)13-14-27(26)37-3)29-28(25-12-7-8-15-33-25)34-30(38)35(29)17-9-16-32-23-10-5-4-6-11-23/h4-8,10-15,18-19,28-29,32H,9,16-17H2,1-3H3,(H,34,38). The zero-order valence-electron chi connectivity index (χ0n) is 21.8. The molecular weight excluding hydrogens is 514 g/mol. The molecule has 38 heavy (non-hydrogen) atoms. The number of hydrogen-bond donors (Lipinski definition) is 2. The van der Waals surface area contributed by atoms with Gasteiger partial charge in [-0.15, -0.1) is 0 Å². The predicted molar refractivity (Wildman–Crippen MR) is 159 cm³/mol. The molecule has 0 aliphatic carbocycles. The maximum atomic E-state index is 6.40. The smallest absolute Gasteiger partial charge is 0.170 e. The van der Waals surface area contributed by atoms with Crippen LogP contribution >= 0.6 is 23.8 Å². The minimum Gasteiger partial charge on any atom is -0.495 e. The summed E-state index contributed by atoms with van der Waals surface area (Å²) in [4.78, 5) is 7.00. The van der Waals surface area contributed by atoms with Crippen LogP contribution < -0.4 is 15.4 Å². The van der Waals surface area contributed by atoms with Gasteiger partial charge in [0.25, 0.3) is 0 Å². The fraction of sp³-hybridized carbons (Fsp3) is 0.267. The van der Waals surface area contributed by atoms with E-state index in [0.717, 1.165) is 58.8 Å². The molecule has 2 unspecified atom stereocenters. The summed E-state index contributed by atoms with van der Waals surface area (Å²) in [5, 5.41) is 8.50. The fourth-order valence-corrected chi connectivity index (χ4v) is 5.82. The van der Waals surface area contributed by atoms with E-state index >= 15 is 0 Å². The van der Waals surface area contributed by atoms with Crippen molar-refractivity contribution in [1.82, 2.24) is 19.8 Å². The number of hydrogen-bond acceptors (Lipinski definition) is 4. The van der Waals surface area contributed by atoms with Gasteiger partial charge in [-0.3, -0.25) is 4.98 Å². The van der Waals surface area contributed by atoms with Crippen LogP contribution in [0.25, 0.3) is 5.69 Å². The average molecular weight is 546 g/mol. The number of benzene rings is 2. The molecule has 0 spiro atoms. The Morgan fingerprint density at radius 1 is 1.05 bits per heavy atom. The normalized spacial score (nSPS) is 16.9. The Labute approximate surface area is 234 Å². The van der Waals surface area contributed by atoms with Crippen LogP contribution in [0.15, 0.2) is 79.0 Å². The van der Waals surface area contributed by atoms with Crippen LogP contribution in [0.2, 0.25) is 5.02 Å². The molecule has 6 nitrogen and oxygen atoms in total. The van der Waals surface area contributed by atoms with Gasteiger partial charge in [0.1, 0.15) is 5.75 Å². The Bertz CT molecular complexity index is 1410. The number of ether oxygens (including phenoxy) is 1. The van der Waals surface area contributed by atoms with Crippen LogP contribution in [0, 0.1) is 13.8 Å². The number of rotatable bonds is 9. The number of halogens is 1. The van der Waals surface area contributed by atoms with Crippen molar-refractivity contribution in [3.05, 3.63) is 107 Å². The minimum absolute atomic E-state index is 0.0146. The van der Waals surface area contributed by atoms with E-state index in [4.69, 9.17) is 33.5 Å². The fourth-order valence-electron chi connectivity index (χ4n) is 5.32. The van der Waals surface area contributed by atoms with E-state index in [0.29, 0.717) is 5.02 Å². The molecule has 1 aliphatic rings. The van der Waals surface area contributed by atoms with Gasteiger partial charge in [-0.2, -0.15) is 0 Å². The summed E-state index contributed by atoms with van der Waals surface area (Å²) in [6, 6.07) is 24.2. The molecule has 2 aromatic carbocycles. The first-order chi connectivity index (χ1) is 18.5. The first-order valence-electron chi connectivity index (χ1n) is 12.8. The monoisotopic (exact) mass is 545 g/mol. The average Bonchev–Trinajstić information content (AvgIpc) is 3.41. The number of nitrogens with one attached hydrogen (secondary N) is 2. The summed E-state index contributed by atoms with van der Waals surface area (Å²) in [5.74, 6) is 0.771. The Kier molecular flexibility index (Phi) is 7.86. The van der Waals surface area contributed by atoms with Crippen LogP contribution in [0.3, 0.4) is 0 Å². The molecule has 8 heteroatoms. The molecule has 1 aliphatic heterocycles. The minimum atomic E-state index is -0.0685. The number of pyridine rings is 1. The lowest BCUT2D eigenvalue weighted by Gasteiger charge is -2.28. The summed E-state index contributed by atoms with van der Waals surface area (Å²) in [6.45, 7) is 5.92. The summed E-state index contributed by atoms with van der Waals surface area (Å²) in [7, 11) is 1.68. The third kappa shape index (κ3) is 5.22. The van der Waals surface area contributed by atoms with Gasteiger partial charge >= 0.3 is 0 Å². The van der Waals surface area contributed by atoms with E-state index in [9.17, 15) is 0 Å². The van der Waals surface area contributed by atoms with Gasteiger partial charge in [0.2, 0.25) is 0 Å². The van der Waals surface area contributed by atoms with Crippen LogP contribution in [0.1, 0.15) is 41.1 Å². The van der Waals surface area contributed by atoms with Crippen LogP contribution in [-0.4, -0.2) is 39.8 Å². The second kappa shape index (κ2) is 11.5. The third-order valence-electron chi connectivity index (χ3n) is 7.05. The lowest BCUT2D eigenvalue weighted by atomic mass is 9.96. The maximum absolute atomic E-state index is 6.40. The maximum Gasteiger partial charge on any atom is 0.170 e. The highest BCUT2D eigenvalue weighted by Gasteiger charge is 2.41. The Balaban J connectivity index is 1.49. The van der Waals surface area contributed by atoms with Gasteiger partial charge in [-0.25, -0.2) is 0 Å². The highest BCUT2D eigenvalue weighted by atomic mass is 35.5. The zero-order valence-corrected chi connectivity index (χ0v) is 23.4. The number of methoxy groups -OCH3 is 1. The summed E-state index contributed by atoms with van der Waals surface area (Å²) in [6.07, 6.45) is 2.77. The summed E-state index contributed by atoms with van der Waals surface area (Å²) >= 11 is 12.3. The van der Waals surface area contributed by atoms with Crippen molar-refractivity contribution in [2.45, 2.75) is 32.4 Å². The number of anilines is 1. The van der Waals surface area contributed by atoms with Gasteiger partial charge in [0.05, 0.1) is 30.6 Å². The first kappa shape index (κ1) is 26.1. The molecule has 3 heterocycles. The Hall–Kier alpha value is -3.55. The number of nitrogens with zero attached hydrogens (tertiary/aromatic N) is 3. The molecule has 196 valence electrons. The van der Waals surface area contributed by atoms with Crippen molar-refractivity contribution >= 4 is 34.6 Å². The topological polar surface area (TPSA) is 54.4 Å². The van der Waals surface area contributed by atoms with Crippen molar-refractivity contribution < 1.29 is 4.74 Å². The van der Waals surface area contributed by atoms with E-state index in [1.54, 1.807) is 7.11 Å². The second-order valence-corrected chi connectivity index (χ2v) is 10.3. The van der Waals surface area contributed by atoms with E-state index in [2.05, 4.69) is 58.2 Å². The molecule has 2 atom stereocenters. The number of para-hydroxylation sites is 1. The van der Waals surface area contributed by atoms with Crippen molar-refractivity contribution in [3.8, 4) is 11.4 Å². The van der Waals surface area contributed by atoms with Gasteiger partial charge in [-0.1, -0.05) is 35.9 Å². The largest absolute Gasteiger partial charge is 0.495 e. The number of aryl methyl sites for hydroxylation is 1. The summed E-state index contributed by atoms with van der Waals surface area (Å²) in [5.41, 5.74) is 6.42. The Morgan fingerprint density at radius 2 is 1.84 bits per heavy atom. The molecule has 0 radical (unpaired) electrons. The third-order valence-corrected chi connectivity index (χ3v) is 7.63. The van der Waals surface area contributed by atoms with Gasteiger partial charge < -0.3 is 24.8 Å². The Morgan fingerprint density at radius 3 is 2.58 bits per heavy atom. The molecule has 2 N–H and O–H groups in total. The van der Waals surface area contributed by atoms with E-state index in [1.807, 2.05) is 54.7 Å². The van der Waals surface area contributed by atoms with E-state index in [-0.39, 0.29) is 12.1 Å². The SMILES string of the molecule is COc1ccc(Cl)cc1-n1c(C)cc(C2C(c3ccccn3)NC(=S)N2CCCNc2ccccc2)c1C. The molecule has 0 bridgehead atoms. The van der Waals surface area contributed by atoms with Crippen molar-refractivity contribution in [3.63, 3.8) is 0 Å². The highest BCUT2D eigenvalue weighted by Crippen LogP contribution is 2.42. The first-order valence-corrected chi connectivity index (χ1v) is 13.6. The van der Waals surface area contributed by atoms with Gasteiger partial charge in [0, 0.05) is 41.4 Å². The highest BCUT2D eigenvalue weighted by molar-refractivity contribution is 7.80. The van der Waals surface area contributed by atoms with Crippen LogP contribution in [-0.2, 0) is 0 Å². The van der Waals surface area contributed by atoms with E-state index in [1.165, 1.54) is 5.56 Å². The molecule has 0 amide bonds. The van der Waals surface area contributed by atoms with E-state index < -0.39 is 0 Å². The second-order valence-electron chi connectivity index (χ2n) is 9.44. The molecule has 1 saturated heterocycles. The van der Waals surface area contributed by atoms with Crippen molar-refractivity contribution in [2.75, 3.05) is 25.5 Å². The van der Waals surface area contributed by atoms with Gasteiger partial charge in [0.15, 0.2) is 5.11 Å². The molecule has 1 fully saturated rings. The van der Waals surface area contributed by atoms with Gasteiger partial charge in [-0.05, 0) is 86.6 Å². The van der Waals surface area contributed by atoms with Crippen LogP contribution in [0.5, 0.6) is 5.75 Å². The molecular formula is C30H32ClN5OS. The molecule has 5 rings (SSSR count). The lowest BCUT2D eigenvalue weighted by molar-refractivity contribution is 0.315.